The number of methoxy groups -OCH3 is 1. The molecule has 158 valence electrons. The second-order valence-electron chi connectivity index (χ2n) is 7.71. The molecule has 7 heteroatoms. The minimum absolute atomic E-state index is 0.213. The van der Waals surface area contributed by atoms with Gasteiger partial charge >= 0.3 is 0 Å². The third-order valence-electron chi connectivity index (χ3n) is 5.89. The van der Waals surface area contributed by atoms with E-state index in [4.69, 9.17) is 22.1 Å². The first kappa shape index (κ1) is 20.2. The molecule has 1 aliphatic rings. The van der Waals surface area contributed by atoms with Gasteiger partial charge in [-0.1, -0.05) is 30.3 Å². The van der Waals surface area contributed by atoms with Gasteiger partial charge in [0.2, 0.25) is 0 Å². The summed E-state index contributed by atoms with van der Waals surface area (Å²) >= 11 is 7.62. The van der Waals surface area contributed by atoms with Gasteiger partial charge in [0.05, 0.1) is 19.8 Å². The van der Waals surface area contributed by atoms with Crippen molar-refractivity contribution in [3.63, 3.8) is 0 Å². The fraction of sp³-hybridized carbons (Fsp3) is 0.250. The van der Waals surface area contributed by atoms with Crippen molar-refractivity contribution in [3.05, 3.63) is 86.8 Å². The molecule has 2 aromatic heterocycles. The highest BCUT2D eigenvalue weighted by atomic mass is 32.1. The second kappa shape index (κ2) is 8.42. The Bertz CT molecular complexity index is 1240. The van der Waals surface area contributed by atoms with Crippen LogP contribution in [0.2, 0.25) is 0 Å². The first-order valence-corrected chi connectivity index (χ1v) is 11.6. The molecule has 3 heterocycles. The Balaban J connectivity index is 1.49. The van der Waals surface area contributed by atoms with Crippen LogP contribution >= 0.6 is 23.6 Å². The van der Waals surface area contributed by atoms with Gasteiger partial charge < -0.3 is 9.30 Å². The van der Waals surface area contributed by atoms with Crippen molar-refractivity contribution in [1.29, 1.82) is 0 Å². The van der Waals surface area contributed by atoms with Crippen molar-refractivity contribution in [1.82, 2.24) is 19.2 Å². The zero-order valence-corrected chi connectivity index (χ0v) is 19.2. The molecule has 1 unspecified atom stereocenters. The maximum Gasteiger partial charge on any atom is 0.199 e. The normalized spacial score (nSPS) is 16.3. The van der Waals surface area contributed by atoms with Crippen LogP contribution in [0.5, 0.6) is 5.75 Å². The molecule has 0 spiro atoms. The topological polar surface area (TPSA) is 35.2 Å². The number of fused-ring (bicyclic) bond motifs is 1. The predicted molar refractivity (Wildman–Crippen MR) is 127 cm³/mol. The van der Waals surface area contributed by atoms with Gasteiger partial charge in [0.25, 0.3) is 0 Å². The monoisotopic (exact) mass is 448 g/mol. The Morgan fingerprint density at radius 2 is 1.87 bits per heavy atom. The predicted octanol–water partition coefficient (Wildman–Crippen LogP) is 5.29. The Hall–Kier alpha value is -2.74. The summed E-state index contributed by atoms with van der Waals surface area (Å²) < 4.78 is 9.93. The highest BCUT2D eigenvalue weighted by molar-refractivity contribution is 7.71. The quantitative estimate of drug-likeness (QED) is 0.389. The summed E-state index contributed by atoms with van der Waals surface area (Å²) in [5.74, 6) is 1.69. The molecule has 0 radical (unpaired) electrons. The molecule has 1 aliphatic heterocycles. The molecule has 0 saturated carbocycles. The molecule has 1 atom stereocenters. The Kier molecular flexibility index (Phi) is 5.48. The van der Waals surface area contributed by atoms with Gasteiger partial charge in [0.1, 0.15) is 5.75 Å². The third kappa shape index (κ3) is 3.73. The summed E-state index contributed by atoms with van der Waals surface area (Å²) in [6, 6.07) is 21.1. The van der Waals surface area contributed by atoms with E-state index in [1.54, 1.807) is 7.11 Å². The van der Waals surface area contributed by atoms with Crippen LogP contribution in [0.15, 0.2) is 66.0 Å². The summed E-state index contributed by atoms with van der Waals surface area (Å²) in [4.78, 5) is 3.96. The van der Waals surface area contributed by atoms with Crippen LogP contribution in [0.4, 0.5) is 0 Å². The number of hydrogen-bond donors (Lipinski definition) is 0. The molecule has 0 saturated heterocycles. The van der Waals surface area contributed by atoms with Crippen LogP contribution in [0.25, 0.3) is 11.4 Å². The number of rotatable bonds is 5. The molecular formula is C24H24N4OS2. The fourth-order valence-electron chi connectivity index (χ4n) is 4.29. The molecule has 0 aliphatic carbocycles. The molecule has 5 rings (SSSR count). The van der Waals surface area contributed by atoms with Gasteiger partial charge in [-0.05, 0) is 65.5 Å². The van der Waals surface area contributed by atoms with Crippen LogP contribution in [-0.2, 0) is 20.1 Å². The summed E-state index contributed by atoms with van der Waals surface area (Å²) in [5.41, 5.74) is 3.73. The van der Waals surface area contributed by atoms with Gasteiger partial charge in [-0.2, -0.15) is 5.10 Å². The van der Waals surface area contributed by atoms with Gasteiger partial charge in [-0.15, -0.1) is 11.3 Å². The van der Waals surface area contributed by atoms with E-state index < -0.39 is 0 Å². The van der Waals surface area contributed by atoms with Crippen molar-refractivity contribution in [2.24, 2.45) is 7.05 Å². The Morgan fingerprint density at radius 1 is 1.10 bits per heavy atom. The largest absolute Gasteiger partial charge is 0.497 e. The Morgan fingerprint density at radius 3 is 2.61 bits per heavy atom. The van der Waals surface area contributed by atoms with E-state index in [1.165, 1.54) is 16.0 Å². The van der Waals surface area contributed by atoms with E-state index in [2.05, 4.69) is 46.7 Å². The van der Waals surface area contributed by atoms with E-state index in [0.29, 0.717) is 11.4 Å². The Labute approximate surface area is 191 Å². The minimum Gasteiger partial charge on any atom is -0.497 e. The van der Waals surface area contributed by atoms with E-state index >= 15 is 0 Å². The summed E-state index contributed by atoms with van der Waals surface area (Å²) in [7, 11) is 3.65. The molecule has 0 N–H and O–H groups in total. The fourth-order valence-corrected chi connectivity index (χ4v) is 5.38. The van der Waals surface area contributed by atoms with Crippen molar-refractivity contribution < 1.29 is 4.74 Å². The average molecular weight is 449 g/mol. The van der Waals surface area contributed by atoms with Crippen LogP contribution in [-0.4, -0.2) is 32.9 Å². The lowest BCUT2D eigenvalue weighted by Crippen LogP contribution is -2.37. The number of hydrogen-bond acceptors (Lipinski definition) is 5. The van der Waals surface area contributed by atoms with E-state index in [9.17, 15) is 0 Å². The van der Waals surface area contributed by atoms with Gasteiger partial charge in [-0.3, -0.25) is 4.90 Å². The SMILES string of the molecule is COc1ccc(-c2nn(CN3CCc4sccc4C3c3ccccc3)c(=S)n2C)cc1. The summed E-state index contributed by atoms with van der Waals surface area (Å²) in [5, 5.41) is 7.10. The van der Waals surface area contributed by atoms with Gasteiger partial charge in [0, 0.05) is 24.0 Å². The molecule has 31 heavy (non-hydrogen) atoms. The standard InChI is InChI=1S/C24H24N4OS2/c1-26-23(18-8-10-19(29-2)11-9-18)25-28(24(26)30)16-27-14-12-21-20(13-15-31-21)22(27)17-6-4-3-5-7-17/h3-11,13,15,22H,12,14,16H2,1-2H3. The number of benzene rings is 2. The molecular weight excluding hydrogens is 424 g/mol. The van der Waals surface area contributed by atoms with Crippen molar-refractivity contribution in [3.8, 4) is 17.1 Å². The first-order valence-electron chi connectivity index (χ1n) is 10.3. The summed E-state index contributed by atoms with van der Waals surface area (Å²) in [6.07, 6.45) is 1.06. The zero-order valence-electron chi connectivity index (χ0n) is 17.6. The van der Waals surface area contributed by atoms with Gasteiger partial charge in [-0.25, -0.2) is 4.68 Å². The highest BCUT2D eigenvalue weighted by Gasteiger charge is 2.30. The lowest BCUT2D eigenvalue weighted by atomic mass is 9.94. The molecule has 0 amide bonds. The number of nitrogens with zero attached hydrogens (tertiary/aromatic N) is 4. The van der Waals surface area contributed by atoms with Crippen molar-refractivity contribution >= 4 is 23.6 Å². The second-order valence-corrected chi connectivity index (χ2v) is 9.08. The lowest BCUT2D eigenvalue weighted by Gasteiger charge is -2.36. The molecule has 0 fully saturated rings. The van der Waals surface area contributed by atoms with Gasteiger partial charge in [0.15, 0.2) is 10.6 Å². The number of thiophene rings is 1. The maximum absolute atomic E-state index is 5.76. The maximum atomic E-state index is 5.76. The minimum atomic E-state index is 0.213. The van der Waals surface area contributed by atoms with E-state index in [-0.39, 0.29) is 6.04 Å². The average Bonchev–Trinajstić information content (AvgIpc) is 3.40. The molecule has 2 aromatic carbocycles. The van der Waals surface area contributed by atoms with Crippen LogP contribution in [0.3, 0.4) is 0 Å². The number of ether oxygens (including phenoxy) is 1. The number of aromatic nitrogens is 3. The van der Waals surface area contributed by atoms with Crippen molar-refractivity contribution in [2.75, 3.05) is 13.7 Å². The lowest BCUT2D eigenvalue weighted by molar-refractivity contribution is 0.156. The molecule has 0 bridgehead atoms. The molecule has 5 nitrogen and oxygen atoms in total. The summed E-state index contributed by atoms with van der Waals surface area (Å²) in [6.45, 7) is 1.63. The van der Waals surface area contributed by atoms with Crippen molar-refractivity contribution in [2.45, 2.75) is 19.1 Å². The smallest absolute Gasteiger partial charge is 0.199 e. The first-order chi connectivity index (χ1) is 15.2. The highest BCUT2D eigenvalue weighted by Crippen LogP contribution is 2.38. The van der Waals surface area contributed by atoms with Crippen LogP contribution < -0.4 is 4.74 Å². The zero-order chi connectivity index (χ0) is 21.4. The third-order valence-corrected chi connectivity index (χ3v) is 7.37. The van der Waals surface area contributed by atoms with Crippen LogP contribution in [0.1, 0.15) is 22.0 Å². The molecule has 4 aromatic rings. The van der Waals surface area contributed by atoms with Crippen LogP contribution in [0, 0.1) is 4.77 Å². The van der Waals surface area contributed by atoms with E-state index in [1.807, 2.05) is 51.9 Å². The van der Waals surface area contributed by atoms with E-state index in [0.717, 1.165) is 30.1 Å².